The van der Waals surface area contributed by atoms with Crippen molar-refractivity contribution in [2.45, 2.75) is 57.6 Å². The molecule has 0 aliphatic carbocycles. The fraction of sp³-hybridized carbons (Fsp3) is 0.833. The van der Waals surface area contributed by atoms with Crippen molar-refractivity contribution in [2.75, 3.05) is 6.61 Å². The maximum absolute atomic E-state index is 11.0. The Bertz CT molecular complexity index is 415. The molecule has 7 nitrogen and oxygen atoms in total. The third-order valence-electron chi connectivity index (χ3n) is 3.36. The summed E-state index contributed by atoms with van der Waals surface area (Å²) in [6, 6.07) is -0.196. The van der Waals surface area contributed by atoms with E-state index in [0.29, 0.717) is 5.82 Å². The van der Waals surface area contributed by atoms with Gasteiger partial charge in [-0.05, 0) is 36.1 Å². The summed E-state index contributed by atoms with van der Waals surface area (Å²) in [6.45, 7) is 2.74. The number of aromatic nitrogens is 4. The standard InChI is InChI=1S/C12H20N4O3/c1-2-5-9(8-11(17)18)16-12(13-14-15-16)10-6-3-4-7-19-10/h9-10H,2-8H2,1H3,(H,17,18). The Morgan fingerprint density at radius 3 is 3.05 bits per heavy atom. The third-order valence-corrected chi connectivity index (χ3v) is 3.36. The zero-order valence-electron chi connectivity index (χ0n) is 11.2. The molecule has 0 spiro atoms. The van der Waals surface area contributed by atoms with E-state index in [2.05, 4.69) is 15.5 Å². The number of hydrogen-bond acceptors (Lipinski definition) is 5. The number of carboxylic acids is 1. The van der Waals surface area contributed by atoms with Crippen molar-refractivity contribution in [1.82, 2.24) is 20.2 Å². The third kappa shape index (κ3) is 3.50. The van der Waals surface area contributed by atoms with Gasteiger partial charge in [-0.2, -0.15) is 0 Å². The predicted octanol–water partition coefficient (Wildman–Crippen LogP) is 1.73. The molecular formula is C12H20N4O3. The van der Waals surface area contributed by atoms with E-state index in [0.717, 1.165) is 38.7 Å². The van der Waals surface area contributed by atoms with Crippen molar-refractivity contribution in [3.05, 3.63) is 5.82 Å². The Morgan fingerprint density at radius 1 is 1.58 bits per heavy atom. The van der Waals surface area contributed by atoms with Gasteiger partial charge in [0.25, 0.3) is 0 Å². The van der Waals surface area contributed by atoms with Gasteiger partial charge in [-0.25, -0.2) is 4.68 Å². The first kappa shape index (κ1) is 13.9. The second-order valence-corrected chi connectivity index (χ2v) is 4.88. The first-order valence-corrected chi connectivity index (χ1v) is 6.83. The van der Waals surface area contributed by atoms with Gasteiger partial charge in [-0.3, -0.25) is 4.79 Å². The van der Waals surface area contributed by atoms with Crippen LogP contribution >= 0.6 is 0 Å². The van der Waals surface area contributed by atoms with E-state index in [9.17, 15) is 4.79 Å². The second-order valence-electron chi connectivity index (χ2n) is 4.88. The van der Waals surface area contributed by atoms with Crippen LogP contribution in [-0.2, 0) is 9.53 Å². The van der Waals surface area contributed by atoms with Crippen molar-refractivity contribution in [3.8, 4) is 0 Å². The number of rotatable bonds is 6. The molecule has 0 amide bonds. The Kier molecular flexibility index (Phi) is 4.84. The molecule has 0 aromatic carbocycles. The molecule has 2 rings (SSSR count). The molecule has 7 heteroatoms. The molecule has 2 unspecified atom stereocenters. The van der Waals surface area contributed by atoms with Crippen molar-refractivity contribution in [2.24, 2.45) is 0 Å². The molecule has 1 saturated heterocycles. The lowest BCUT2D eigenvalue weighted by atomic mass is 10.1. The van der Waals surface area contributed by atoms with E-state index < -0.39 is 5.97 Å². The summed E-state index contributed by atoms with van der Waals surface area (Å²) in [5.74, 6) is -0.163. The van der Waals surface area contributed by atoms with Gasteiger partial charge in [-0.1, -0.05) is 13.3 Å². The van der Waals surface area contributed by atoms with Gasteiger partial charge in [0.2, 0.25) is 0 Å². The van der Waals surface area contributed by atoms with Crippen LogP contribution in [0.2, 0.25) is 0 Å². The normalized spacial score (nSPS) is 21.2. The maximum atomic E-state index is 11.0. The molecule has 1 aliphatic rings. The van der Waals surface area contributed by atoms with E-state index in [1.807, 2.05) is 6.92 Å². The van der Waals surface area contributed by atoms with Crippen LogP contribution in [0.25, 0.3) is 0 Å². The lowest BCUT2D eigenvalue weighted by Gasteiger charge is -2.24. The predicted molar refractivity (Wildman–Crippen MR) is 66.6 cm³/mol. The zero-order chi connectivity index (χ0) is 13.7. The minimum Gasteiger partial charge on any atom is -0.481 e. The number of carbonyl (C=O) groups is 1. The fourth-order valence-corrected chi connectivity index (χ4v) is 2.46. The van der Waals surface area contributed by atoms with Gasteiger partial charge in [0.05, 0.1) is 12.5 Å². The van der Waals surface area contributed by atoms with E-state index in [4.69, 9.17) is 9.84 Å². The molecule has 0 saturated carbocycles. The molecule has 0 radical (unpaired) electrons. The summed E-state index contributed by atoms with van der Waals surface area (Å²) >= 11 is 0. The molecule has 1 N–H and O–H groups in total. The van der Waals surface area contributed by atoms with Crippen molar-refractivity contribution in [1.29, 1.82) is 0 Å². The highest BCUT2D eigenvalue weighted by Crippen LogP contribution is 2.29. The summed E-state index contributed by atoms with van der Waals surface area (Å²) in [6.07, 6.45) is 4.63. The molecule has 2 atom stereocenters. The summed E-state index contributed by atoms with van der Waals surface area (Å²) < 4.78 is 7.33. The van der Waals surface area contributed by atoms with Crippen LogP contribution in [0.1, 0.15) is 63.4 Å². The highest BCUT2D eigenvalue weighted by Gasteiger charge is 2.26. The van der Waals surface area contributed by atoms with Gasteiger partial charge in [0.1, 0.15) is 6.10 Å². The molecule has 1 aromatic rings. The van der Waals surface area contributed by atoms with Crippen LogP contribution < -0.4 is 0 Å². The van der Waals surface area contributed by atoms with E-state index >= 15 is 0 Å². The molecule has 1 aliphatic heterocycles. The Balaban J connectivity index is 2.17. The van der Waals surface area contributed by atoms with E-state index in [1.54, 1.807) is 4.68 Å². The number of carboxylic acid groups (broad SMARTS) is 1. The minimum absolute atomic E-state index is 0.0403. The average Bonchev–Trinajstić information content (AvgIpc) is 2.88. The number of ether oxygens (including phenoxy) is 1. The summed E-state index contributed by atoms with van der Waals surface area (Å²) in [5.41, 5.74) is 0. The first-order valence-electron chi connectivity index (χ1n) is 6.83. The second kappa shape index (κ2) is 6.60. The Hall–Kier alpha value is -1.50. The number of hydrogen-bond donors (Lipinski definition) is 1. The van der Waals surface area contributed by atoms with Crippen LogP contribution in [0.15, 0.2) is 0 Å². The largest absolute Gasteiger partial charge is 0.481 e. The molecule has 1 aromatic heterocycles. The van der Waals surface area contributed by atoms with Crippen LogP contribution in [0, 0.1) is 0 Å². The summed E-state index contributed by atoms with van der Waals surface area (Å²) in [4.78, 5) is 11.0. The average molecular weight is 268 g/mol. The number of nitrogens with zero attached hydrogens (tertiary/aromatic N) is 4. The maximum Gasteiger partial charge on any atom is 0.305 e. The Morgan fingerprint density at radius 2 is 2.42 bits per heavy atom. The van der Waals surface area contributed by atoms with Gasteiger partial charge < -0.3 is 9.84 Å². The van der Waals surface area contributed by atoms with E-state index in [1.165, 1.54) is 0 Å². The fourth-order valence-electron chi connectivity index (χ4n) is 2.46. The monoisotopic (exact) mass is 268 g/mol. The van der Waals surface area contributed by atoms with Crippen molar-refractivity contribution in [3.63, 3.8) is 0 Å². The van der Waals surface area contributed by atoms with Crippen LogP contribution in [-0.4, -0.2) is 37.9 Å². The van der Waals surface area contributed by atoms with Crippen LogP contribution in [0.4, 0.5) is 0 Å². The first-order chi connectivity index (χ1) is 9.22. The molecule has 106 valence electrons. The molecule has 1 fully saturated rings. The topological polar surface area (TPSA) is 90.1 Å². The Labute approximate surface area is 111 Å². The lowest BCUT2D eigenvalue weighted by Crippen LogP contribution is -2.22. The zero-order valence-corrected chi connectivity index (χ0v) is 11.2. The summed E-state index contributed by atoms with van der Waals surface area (Å²) in [5, 5.41) is 20.7. The minimum atomic E-state index is -0.829. The quantitative estimate of drug-likeness (QED) is 0.845. The molecule has 0 bridgehead atoms. The molecule has 2 heterocycles. The van der Waals surface area contributed by atoms with E-state index in [-0.39, 0.29) is 18.6 Å². The lowest BCUT2D eigenvalue weighted by molar-refractivity contribution is -0.138. The molecular weight excluding hydrogens is 248 g/mol. The van der Waals surface area contributed by atoms with Gasteiger partial charge >= 0.3 is 5.97 Å². The number of tetrazole rings is 1. The SMILES string of the molecule is CCCC(CC(=O)O)n1nnnc1C1CCCCO1. The van der Waals surface area contributed by atoms with Crippen LogP contribution in [0.5, 0.6) is 0 Å². The molecule has 19 heavy (non-hydrogen) atoms. The summed E-state index contributed by atoms with van der Waals surface area (Å²) in [7, 11) is 0. The van der Waals surface area contributed by atoms with Gasteiger partial charge in [-0.15, -0.1) is 5.10 Å². The van der Waals surface area contributed by atoms with Gasteiger partial charge in [0, 0.05) is 6.61 Å². The van der Waals surface area contributed by atoms with Crippen LogP contribution in [0.3, 0.4) is 0 Å². The van der Waals surface area contributed by atoms with Crippen molar-refractivity contribution >= 4 is 5.97 Å². The highest BCUT2D eigenvalue weighted by molar-refractivity contribution is 5.67. The smallest absolute Gasteiger partial charge is 0.305 e. The highest BCUT2D eigenvalue weighted by atomic mass is 16.5. The number of aliphatic carboxylic acids is 1. The van der Waals surface area contributed by atoms with Crippen molar-refractivity contribution < 1.29 is 14.6 Å². The van der Waals surface area contributed by atoms with Gasteiger partial charge in [0.15, 0.2) is 5.82 Å².